The number of anilines is 1. The van der Waals surface area contributed by atoms with Gasteiger partial charge in [0.2, 0.25) is 5.91 Å². The summed E-state index contributed by atoms with van der Waals surface area (Å²) in [6, 6.07) is 10.5. The first-order valence-corrected chi connectivity index (χ1v) is 11.8. The summed E-state index contributed by atoms with van der Waals surface area (Å²) in [6.45, 7) is 3.67. The van der Waals surface area contributed by atoms with Crippen LogP contribution in [0.25, 0.3) is 11.4 Å². The fourth-order valence-electron chi connectivity index (χ4n) is 4.55. The normalized spacial score (nSPS) is 15.8. The van der Waals surface area contributed by atoms with Crippen LogP contribution in [0, 0.1) is 23.0 Å². The molecule has 3 aromatic rings. The van der Waals surface area contributed by atoms with E-state index in [1.165, 1.54) is 19.1 Å². The van der Waals surface area contributed by atoms with E-state index in [2.05, 4.69) is 16.0 Å². The number of hydrogen-bond donors (Lipinski definition) is 0. The molecule has 5 rings (SSSR count). The minimum Gasteiger partial charge on any atom is -0.487 e. The molecular weight excluding hydrogens is 466 g/mol. The van der Waals surface area contributed by atoms with Crippen molar-refractivity contribution in [2.24, 2.45) is 0 Å². The average molecular weight is 491 g/mol. The summed E-state index contributed by atoms with van der Waals surface area (Å²) in [5.41, 5.74) is 2.93. The summed E-state index contributed by atoms with van der Waals surface area (Å²) < 4.78 is 33.1. The van der Waals surface area contributed by atoms with E-state index >= 15 is 0 Å². The maximum atomic E-state index is 14.0. The first-order chi connectivity index (χ1) is 17.4. The summed E-state index contributed by atoms with van der Waals surface area (Å²) >= 11 is 0. The van der Waals surface area contributed by atoms with Crippen molar-refractivity contribution in [3.05, 3.63) is 65.1 Å². The molecule has 1 aromatic carbocycles. The first-order valence-electron chi connectivity index (χ1n) is 11.8. The highest BCUT2D eigenvalue weighted by atomic mass is 19.1. The van der Waals surface area contributed by atoms with Crippen LogP contribution in [0.15, 0.2) is 36.4 Å². The Balaban J connectivity index is 1.42. The number of benzene rings is 1. The van der Waals surface area contributed by atoms with Crippen molar-refractivity contribution in [1.82, 2.24) is 19.9 Å². The van der Waals surface area contributed by atoms with Crippen LogP contribution in [0.3, 0.4) is 0 Å². The Bertz CT molecular complexity index is 1350. The highest BCUT2D eigenvalue weighted by Gasteiger charge is 2.29. The highest BCUT2D eigenvalue weighted by Crippen LogP contribution is 2.32. The number of ether oxygens (including phenoxy) is 1. The number of carbonyl (C=O) groups is 1. The third-order valence-electron chi connectivity index (χ3n) is 6.47. The number of halogens is 2. The summed E-state index contributed by atoms with van der Waals surface area (Å²) in [6.07, 6.45) is 1.60. The zero-order valence-corrected chi connectivity index (χ0v) is 19.7. The third-order valence-corrected chi connectivity index (χ3v) is 6.47. The quantitative estimate of drug-likeness (QED) is 0.551. The minimum atomic E-state index is -0.719. The van der Waals surface area contributed by atoms with Crippen LogP contribution in [0.2, 0.25) is 0 Å². The number of nitriles is 1. The fourth-order valence-corrected chi connectivity index (χ4v) is 4.55. The Morgan fingerprint density at radius 2 is 1.89 bits per heavy atom. The molecule has 0 radical (unpaired) electrons. The van der Waals surface area contributed by atoms with Gasteiger partial charge >= 0.3 is 0 Å². The Kier molecular flexibility index (Phi) is 6.46. The van der Waals surface area contributed by atoms with Gasteiger partial charge in [-0.1, -0.05) is 6.07 Å². The number of rotatable bonds is 4. The van der Waals surface area contributed by atoms with E-state index in [-0.39, 0.29) is 23.5 Å². The van der Waals surface area contributed by atoms with E-state index in [0.717, 1.165) is 17.5 Å². The van der Waals surface area contributed by atoms with Crippen molar-refractivity contribution >= 4 is 11.7 Å². The SMILES string of the molecule is CC(=O)N1CCc2nc(N3CCC(Oc4ccc(F)cc4F)CC3)c(-c3cccc(C#N)n3)nc2C1. The van der Waals surface area contributed by atoms with Crippen LogP contribution in [0.4, 0.5) is 14.6 Å². The van der Waals surface area contributed by atoms with Gasteiger partial charge < -0.3 is 14.5 Å². The Hall–Kier alpha value is -4.13. The second kappa shape index (κ2) is 9.85. The molecule has 2 aromatic heterocycles. The van der Waals surface area contributed by atoms with E-state index in [0.29, 0.717) is 62.6 Å². The molecule has 1 fully saturated rings. The maximum absolute atomic E-state index is 14.0. The molecule has 2 aliphatic heterocycles. The number of amides is 1. The van der Waals surface area contributed by atoms with Gasteiger partial charge in [-0.2, -0.15) is 5.26 Å². The molecule has 0 aliphatic carbocycles. The monoisotopic (exact) mass is 490 g/mol. The Labute approximate surface area is 207 Å². The van der Waals surface area contributed by atoms with Crippen LogP contribution in [-0.4, -0.2) is 51.5 Å². The molecule has 0 saturated carbocycles. The lowest BCUT2D eigenvalue weighted by Crippen LogP contribution is -2.40. The summed E-state index contributed by atoms with van der Waals surface area (Å²) in [5, 5.41) is 9.34. The zero-order chi connectivity index (χ0) is 25.2. The van der Waals surface area contributed by atoms with E-state index in [1.54, 1.807) is 23.1 Å². The van der Waals surface area contributed by atoms with Gasteiger partial charge in [0, 0.05) is 51.9 Å². The van der Waals surface area contributed by atoms with E-state index in [1.807, 2.05) is 0 Å². The van der Waals surface area contributed by atoms with Crippen molar-refractivity contribution in [3.8, 4) is 23.2 Å². The largest absolute Gasteiger partial charge is 0.487 e. The van der Waals surface area contributed by atoms with Gasteiger partial charge in [-0.05, 0) is 24.3 Å². The Morgan fingerprint density at radius 3 is 2.61 bits per heavy atom. The van der Waals surface area contributed by atoms with Crippen molar-refractivity contribution in [2.45, 2.75) is 38.8 Å². The second-order valence-electron chi connectivity index (χ2n) is 8.88. The van der Waals surface area contributed by atoms with Crippen LogP contribution in [0.5, 0.6) is 5.75 Å². The van der Waals surface area contributed by atoms with Crippen LogP contribution in [0.1, 0.15) is 36.8 Å². The Morgan fingerprint density at radius 1 is 1.08 bits per heavy atom. The van der Waals surface area contributed by atoms with Crippen LogP contribution in [-0.2, 0) is 17.8 Å². The molecule has 184 valence electrons. The summed E-state index contributed by atoms with van der Waals surface area (Å²) in [4.78, 5) is 30.0. The molecule has 1 amide bonds. The molecular formula is C26H24F2N6O2. The molecule has 0 spiro atoms. The fraction of sp³-hybridized carbons (Fsp3) is 0.346. The van der Waals surface area contributed by atoms with Gasteiger partial charge in [0.05, 0.1) is 23.6 Å². The number of nitrogens with zero attached hydrogens (tertiary/aromatic N) is 6. The van der Waals surface area contributed by atoms with E-state index < -0.39 is 11.6 Å². The summed E-state index contributed by atoms with van der Waals surface area (Å²) in [5.74, 6) is -0.676. The van der Waals surface area contributed by atoms with Crippen LogP contribution < -0.4 is 9.64 Å². The van der Waals surface area contributed by atoms with Crippen molar-refractivity contribution in [2.75, 3.05) is 24.5 Å². The second-order valence-corrected chi connectivity index (χ2v) is 8.88. The smallest absolute Gasteiger partial charge is 0.219 e. The molecule has 0 unspecified atom stereocenters. The molecule has 8 nitrogen and oxygen atoms in total. The first kappa shape index (κ1) is 23.6. The van der Waals surface area contributed by atoms with Gasteiger partial charge in [0.1, 0.15) is 29.4 Å². The number of hydrogen-bond acceptors (Lipinski definition) is 7. The lowest BCUT2D eigenvalue weighted by molar-refractivity contribution is -0.129. The van der Waals surface area contributed by atoms with Crippen molar-refractivity contribution < 1.29 is 18.3 Å². The standard InChI is InChI=1S/C26H24F2N6O2/c1-16(35)34-12-9-21-23(15-34)31-25(22-4-2-3-18(14-29)30-22)26(32-21)33-10-7-19(8-11-33)36-24-6-5-17(27)13-20(24)28/h2-6,13,19H,7-12,15H2,1H3. The number of carbonyl (C=O) groups excluding carboxylic acids is 1. The maximum Gasteiger partial charge on any atom is 0.219 e. The van der Waals surface area contributed by atoms with E-state index in [9.17, 15) is 18.8 Å². The van der Waals surface area contributed by atoms with Crippen molar-refractivity contribution in [1.29, 1.82) is 5.26 Å². The molecule has 1 saturated heterocycles. The zero-order valence-electron chi connectivity index (χ0n) is 19.7. The average Bonchev–Trinajstić information content (AvgIpc) is 2.89. The molecule has 0 bridgehead atoms. The number of piperidine rings is 1. The molecule has 2 aliphatic rings. The van der Waals surface area contributed by atoms with Gasteiger partial charge in [0.15, 0.2) is 17.4 Å². The molecule has 36 heavy (non-hydrogen) atoms. The third kappa shape index (κ3) is 4.82. The molecule has 0 atom stereocenters. The predicted molar refractivity (Wildman–Crippen MR) is 127 cm³/mol. The lowest BCUT2D eigenvalue weighted by atomic mass is 10.1. The van der Waals surface area contributed by atoms with Gasteiger partial charge in [-0.25, -0.2) is 23.7 Å². The van der Waals surface area contributed by atoms with Crippen molar-refractivity contribution in [3.63, 3.8) is 0 Å². The number of pyridine rings is 1. The van der Waals surface area contributed by atoms with Gasteiger partial charge in [-0.3, -0.25) is 4.79 Å². The van der Waals surface area contributed by atoms with Gasteiger partial charge in [0.25, 0.3) is 0 Å². The summed E-state index contributed by atoms with van der Waals surface area (Å²) in [7, 11) is 0. The predicted octanol–water partition coefficient (Wildman–Crippen LogP) is 3.64. The number of aromatic nitrogens is 3. The lowest BCUT2D eigenvalue weighted by Gasteiger charge is -2.35. The van der Waals surface area contributed by atoms with Crippen LogP contribution >= 0.6 is 0 Å². The van der Waals surface area contributed by atoms with E-state index in [4.69, 9.17) is 14.7 Å². The molecule has 10 heteroatoms. The minimum absolute atomic E-state index is 0.0163. The van der Waals surface area contributed by atoms with Gasteiger partial charge in [-0.15, -0.1) is 0 Å². The topological polar surface area (TPSA) is 95.2 Å². The highest BCUT2D eigenvalue weighted by molar-refractivity contribution is 5.74. The number of fused-ring (bicyclic) bond motifs is 1. The molecule has 4 heterocycles. The molecule has 0 N–H and O–H groups in total.